The SMILES string of the molecule is CC.CC.CC(=O)CC(=O)c1ccccc1.CO. The second kappa shape index (κ2) is 17.9. The zero-order valence-corrected chi connectivity index (χ0v) is 12.4. The highest BCUT2D eigenvalue weighted by Gasteiger charge is 2.06. The Morgan fingerprint density at radius 2 is 1.33 bits per heavy atom. The second-order valence-electron chi connectivity index (χ2n) is 2.67. The summed E-state index contributed by atoms with van der Waals surface area (Å²) in [6.45, 7) is 9.42. The number of carbonyl (C=O) groups excluding carboxylic acids is 2. The smallest absolute Gasteiger partial charge is 0.170 e. The van der Waals surface area contributed by atoms with Gasteiger partial charge in [-0.2, -0.15) is 0 Å². The monoisotopic (exact) mass is 254 g/mol. The number of aliphatic hydroxyl groups excluding tert-OH is 1. The summed E-state index contributed by atoms with van der Waals surface area (Å²) in [4.78, 5) is 21.8. The molecule has 0 fully saturated rings. The zero-order valence-electron chi connectivity index (χ0n) is 12.4. The van der Waals surface area contributed by atoms with E-state index >= 15 is 0 Å². The van der Waals surface area contributed by atoms with Crippen molar-refractivity contribution in [3.8, 4) is 0 Å². The van der Waals surface area contributed by atoms with Crippen LogP contribution in [0.15, 0.2) is 30.3 Å². The predicted molar refractivity (Wildman–Crippen MR) is 76.9 cm³/mol. The van der Waals surface area contributed by atoms with E-state index in [1.54, 1.807) is 24.3 Å². The fourth-order valence-electron chi connectivity index (χ4n) is 0.952. The summed E-state index contributed by atoms with van der Waals surface area (Å²) in [6, 6.07) is 8.84. The third-order valence-corrected chi connectivity index (χ3v) is 1.51. The lowest BCUT2D eigenvalue weighted by molar-refractivity contribution is -0.116. The molecule has 1 N–H and O–H groups in total. The van der Waals surface area contributed by atoms with Crippen molar-refractivity contribution in [1.29, 1.82) is 0 Å². The van der Waals surface area contributed by atoms with E-state index in [1.165, 1.54) is 6.92 Å². The van der Waals surface area contributed by atoms with Crippen molar-refractivity contribution in [3.05, 3.63) is 35.9 Å². The van der Waals surface area contributed by atoms with E-state index in [2.05, 4.69) is 0 Å². The Morgan fingerprint density at radius 3 is 1.67 bits per heavy atom. The van der Waals surface area contributed by atoms with Crippen LogP contribution in [0.5, 0.6) is 0 Å². The Labute approximate surface area is 111 Å². The van der Waals surface area contributed by atoms with Crippen LogP contribution in [0.4, 0.5) is 0 Å². The number of Topliss-reactive ketones (excluding diaryl/α,β-unsaturated/α-hetero) is 2. The van der Waals surface area contributed by atoms with Gasteiger partial charge in [0.15, 0.2) is 5.78 Å². The van der Waals surface area contributed by atoms with Gasteiger partial charge in [-0.1, -0.05) is 58.0 Å². The lowest BCUT2D eigenvalue weighted by atomic mass is 10.1. The van der Waals surface area contributed by atoms with Crippen LogP contribution < -0.4 is 0 Å². The molecule has 0 aliphatic carbocycles. The molecule has 0 aliphatic rings. The molecule has 1 aromatic carbocycles. The van der Waals surface area contributed by atoms with Crippen molar-refractivity contribution in [2.24, 2.45) is 0 Å². The molecule has 0 saturated heterocycles. The summed E-state index contributed by atoms with van der Waals surface area (Å²) in [7, 11) is 1.00. The van der Waals surface area contributed by atoms with Gasteiger partial charge >= 0.3 is 0 Å². The minimum absolute atomic E-state index is 0.00398. The molecule has 1 aromatic rings. The average molecular weight is 254 g/mol. The van der Waals surface area contributed by atoms with Gasteiger partial charge in [-0.15, -0.1) is 0 Å². The quantitative estimate of drug-likeness (QED) is 0.663. The van der Waals surface area contributed by atoms with Crippen molar-refractivity contribution in [1.82, 2.24) is 0 Å². The van der Waals surface area contributed by atoms with Crippen LogP contribution in [0, 0.1) is 0 Å². The third kappa shape index (κ3) is 12.6. The largest absolute Gasteiger partial charge is 0.400 e. The molecule has 1 rings (SSSR count). The molecule has 0 bridgehead atoms. The summed E-state index contributed by atoms with van der Waals surface area (Å²) in [5.41, 5.74) is 0.604. The van der Waals surface area contributed by atoms with E-state index in [0.717, 1.165) is 7.11 Å². The summed E-state index contributed by atoms with van der Waals surface area (Å²) in [5.74, 6) is -0.202. The molecule has 3 nitrogen and oxygen atoms in total. The Kier molecular flexibility index (Phi) is 21.6. The number of carbonyl (C=O) groups is 2. The van der Waals surface area contributed by atoms with Gasteiger partial charge in [0.2, 0.25) is 0 Å². The zero-order chi connectivity index (χ0) is 15.0. The summed E-state index contributed by atoms with van der Waals surface area (Å²) in [5, 5.41) is 7.00. The van der Waals surface area contributed by atoms with E-state index < -0.39 is 0 Å². The minimum atomic E-state index is -0.108. The van der Waals surface area contributed by atoms with Crippen LogP contribution in [0.3, 0.4) is 0 Å². The van der Waals surface area contributed by atoms with Crippen LogP contribution in [0.1, 0.15) is 51.4 Å². The fourth-order valence-corrected chi connectivity index (χ4v) is 0.952. The Bertz CT molecular complexity index is 292. The molecule has 0 spiro atoms. The van der Waals surface area contributed by atoms with Crippen molar-refractivity contribution < 1.29 is 14.7 Å². The highest BCUT2D eigenvalue weighted by molar-refractivity contribution is 6.07. The van der Waals surface area contributed by atoms with E-state index in [4.69, 9.17) is 5.11 Å². The molecular formula is C15H26O3. The van der Waals surface area contributed by atoms with E-state index in [-0.39, 0.29) is 18.0 Å². The lowest BCUT2D eigenvalue weighted by Gasteiger charge is -1.95. The first kappa shape index (κ1) is 21.8. The molecular weight excluding hydrogens is 228 g/mol. The van der Waals surface area contributed by atoms with Crippen molar-refractivity contribution in [2.45, 2.75) is 41.0 Å². The van der Waals surface area contributed by atoms with Gasteiger partial charge in [0.1, 0.15) is 5.78 Å². The van der Waals surface area contributed by atoms with Gasteiger partial charge in [-0.05, 0) is 6.92 Å². The summed E-state index contributed by atoms with van der Waals surface area (Å²) >= 11 is 0. The minimum Gasteiger partial charge on any atom is -0.400 e. The fraction of sp³-hybridized carbons (Fsp3) is 0.467. The maximum absolute atomic E-state index is 11.2. The second-order valence-corrected chi connectivity index (χ2v) is 2.67. The first-order valence-corrected chi connectivity index (χ1v) is 6.22. The number of rotatable bonds is 3. The van der Waals surface area contributed by atoms with Crippen LogP contribution >= 0.6 is 0 Å². The molecule has 0 unspecified atom stereocenters. The van der Waals surface area contributed by atoms with Crippen molar-refractivity contribution in [2.75, 3.05) is 7.11 Å². The summed E-state index contributed by atoms with van der Waals surface area (Å²) < 4.78 is 0. The van der Waals surface area contributed by atoms with Crippen LogP contribution in [-0.2, 0) is 4.79 Å². The Hall–Kier alpha value is -1.48. The molecule has 0 saturated carbocycles. The maximum atomic E-state index is 11.2. The number of ketones is 2. The highest BCUT2D eigenvalue weighted by Crippen LogP contribution is 2.02. The third-order valence-electron chi connectivity index (χ3n) is 1.51. The van der Waals surface area contributed by atoms with Gasteiger partial charge in [0, 0.05) is 12.7 Å². The highest BCUT2D eigenvalue weighted by atomic mass is 16.2. The van der Waals surface area contributed by atoms with Gasteiger partial charge in [-0.25, -0.2) is 0 Å². The van der Waals surface area contributed by atoms with Crippen molar-refractivity contribution in [3.63, 3.8) is 0 Å². The Balaban J connectivity index is -0.000000328. The first-order valence-electron chi connectivity index (χ1n) is 6.22. The predicted octanol–water partition coefficient (Wildman–Crippen LogP) is 3.51. The topological polar surface area (TPSA) is 54.4 Å². The van der Waals surface area contributed by atoms with Crippen LogP contribution in [0.25, 0.3) is 0 Å². The molecule has 0 aromatic heterocycles. The van der Waals surface area contributed by atoms with Crippen LogP contribution in [-0.4, -0.2) is 23.8 Å². The maximum Gasteiger partial charge on any atom is 0.170 e. The molecule has 0 aliphatic heterocycles. The lowest BCUT2D eigenvalue weighted by Crippen LogP contribution is -2.04. The van der Waals surface area contributed by atoms with Gasteiger partial charge in [0.05, 0.1) is 6.42 Å². The molecule has 0 radical (unpaired) electrons. The van der Waals surface area contributed by atoms with Crippen molar-refractivity contribution >= 4 is 11.6 Å². The number of aliphatic hydroxyl groups is 1. The number of benzene rings is 1. The van der Waals surface area contributed by atoms with Gasteiger partial charge in [-0.3, -0.25) is 9.59 Å². The van der Waals surface area contributed by atoms with Crippen LogP contribution in [0.2, 0.25) is 0 Å². The van der Waals surface area contributed by atoms with E-state index in [9.17, 15) is 9.59 Å². The van der Waals surface area contributed by atoms with E-state index in [0.29, 0.717) is 5.56 Å². The molecule has 104 valence electrons. The Morgan fingerprint density at radius 1 is 0.944 bits per heavy atom. The van der Waals surface area contributed by atoms with Gasteiger partial charge < -0.3 is 5.11 Å². The molecule has 18 heavy (non-hydrogen) atoms. The number of hydrogen-bond donors (Lipinski definition) is 1. The average Bonchev–Trinajstić information content (AvgIpc) is 2.46. The molecule has 0 atom stereocenters. The first-order chi connectivity index (χ1) is 8.70. The molecule has 3 heteroatoms. The van der Waals surface area contributed by atoms with Gasteiger partial charge in [0.25, 0.3) is 0 Å². The standard InChI is InChI=1S/C10H10O2.2C2H6.CH4O/c1-8(11)7-10(12)9-5-3-2-4-6-9;3*1-2/h2-6H,7H2,1H3;2*1-2H3;2H,1H3. The summed E-state index contributed by atoms with van der Waals surface area (Å²) in [6.07, 6.45) is 0.00398. The van der Waals surface area contributed by atoms with E-state index in [1.807, 2.05) is 33.8 Å². The molecule has 0 amide bonds. The normalized spacial score (nSPS) is 7.28. The number of hydrogen-bond acceptors (Lipinski definition) is 3. The molecule has 0 heterocycles.